The molecule has 2 heterocycles. The van der Waals surface area contributed by atoms with E-state index in [0.29, 0.717) is 37.7 Å². The van der Waals surface area contributed by atoms with E-state index in [2.05, 4.69) is 14.9 Å². The van der Waals surface area contributed by atoms with Gasteiger partial charge >= 0.3 is 0 Å². The third kappa shape index (κ3) is 4.73. The summed E-state index contributed by atoms with van der Waals surface area (Å²) in [6.07, 6.45) is 0. The summed E-state index contributed by atoms with van der Waals surface area (Å²) in [7, 11) is -3.61. The molecule has 138 valence electrons. The average Bonchev–Trinajstić information content (AvgIpc) is 2.74. The van der Waals surface area contributed by atoms with Crippen LogP contribution in [0, 0.1) is 5.92 Å². The van der Waals surface area contributed by atoms with Gasteiger partial charge in [0.2, 0.25) is 15.9 Å². The number of morpholine rings is 1. The monoisotopic (exact) mass is 385 g/mol. The van der Waals surface area contributed by atoms with Crippen molar-refractivity contribution in [3.63, 3.8) is 0 Å². The molecule has 3 rings (SSSR count). The molecule has 25 heavy (non-hydrogen) atoms. The zero-order chi connectivity index (χ0) is 17.9. The number of sulfonamides is 1. The van der Waals surface area contributed by atoms with Gasteiger partial charge in [-0.05, 0) is 18.2 Å². The summed E-state index contributed by atoms with van der Waals surface area (Å²) in [5.74, 6) is 0.494. The van der Waals surface area contributed by atoms with Gasteiger partial charge in [-0.15, -0.1) is 11.8 Å². The van der Waals surface area contributed by atoms with Crippen molar-refractivity contribution in [2.45, 2.75) is 16.7 Å². The van der Waals surface area contributed by atoms with Gasteiger partial charge in [-0.25, -0.2) is 13.1 Å². The summed E-state index contributed by atoms with van der Waals surface area (Å²) in [5, 5.41) is 2.82. The third-order valence-electron chi connectivity index (χ3n) is 4.28. The molecule has 2 aliphatic rings. The van der Waals surface area contributed by atoms with E-state index in [1.165, 1.54) is 6.07 Å². The molecule has 1 atom stereocenters. The molecule has 0 aromatic heterocycles. The van der Waals surface area contributed by atoms with Gasteiger partial charge in [0.15, 0.2) is 0 Å². The van der Waals surface area contributed by atoms with Crippen molar-refractivity contribution in [1.29, 1.82) is 0 Å². The van der Waals surface area contributed by atoms with Gasteiger partial charge in [-0.1, -0.05) is 6.92 Å². The molecule has 0 saturated carbocycles. The van der Waals surface area contributed by atoms with Crippen molar-refractivity contribution in [3.8, 4) is 0 Å². The van der Waals surface area contributed by atoms with Gasteiger partial charge in [0, 0.05) is 42.7 Å². The summed E-state index contributed by atoms with van der Waals surface area (Å²) in [5.41, 5.74) is 0.565. The fourth-order valence-electron chi connectivity index (χ4n) is 2.69. The first-order chi connectivity index (χ1) is 12.0. The summed E-state index contributed by atoms with van der Waals surface area (Å²) in [4.78, 5) is 15.2. The van der Waals surface area contributed by atoms with Crippen LogP contribution in [0.4, 0.5) is 5.69 Å². The smallest absolute Gasteiger partial charge is 0.240 e. The highest BCUT2D eigenvalue weighted by Crippen LogP contribution is 2.34. The van der Waals surface area contributed by atoms with E-state index >= 15 is 0 Å². The van der Waals surface area contributed by atoms with E-state index in [0.717, 1.165) is 18.0 Å². The standard InChI is InChI=1S/C16H23N3O4S2/c1-12-11-24-15-3-2-13(10-14(15)18-16(12)20)25(21,22)17-4-5-19-6-8-23-9-7-19/h2-3,10,12,17H,4-9,11H2,1H3,(H,18,20). The van der Waals surface area contributed by atoms with Crippen LogP contribution in [0.25, 0.3) is 0 Å². The van der Waals surface area contributed by atoms with Crippen LogP contribution in [0.15, 0.2) is 28.0 Å². The molecule has 1 unspecified atom stereocenters. The quantitative estimate of drug-likeness (QED) is 0.786. The molecule has 0 spiro atoms. The number of benzene rings is 1. The Morgan fingerprint density at radius 1 is 1.36 bits per heavy atom. The van der Waals surface area contributed by atoms with Gasteiger partial charge in [-0.2, -0.15) is 0 Å². The van der Waals surface area contributed by atoms with Gasteiger partial charge in [0.25, 0.3) is 0 Å². The second kappa shape index (κ2) is 8.05. The first-order valence-corrected chi connectivity index (χ1v) is 10.8. The lowest BCUT2D eigenvalue weighted by molar-refractivity contribution is -0.118. The number of hydrogen-bond donors (Lipinski definition) is 2. The fourth-order valence-corrected chi connectivity index (χ4v) is 4.75. The minimum Gasteiger partial charge on any atom is -0.379 e. The van der Waals surface area contributed by atoms with Crippen LogP contribution in [0.3, 0.4) is 0 Å². The molecule has 0 bridgehead atoms. The minimum atomic E-state index is -3.61. The van der Waals surface area contributed by atoms with Crippen molar-refractivity contribution in [2.24, 2.45) is 5.92 Å². The Hall–Kier alpha value is -1.13. The lowest BCUT2D eigenvalue weighted by Gasteiger charge is -2.26. The summed E-state index contributed by atoms with van der Waals surface area (Å²) in [6.45, 7) is 5.87. The number of nitrogens with one attached hydrogen (secondary N) is 2. The number of ether oxygens (including phenoxy) is 1. The molecule has 2 N–H and O–H groups in total. The van der Waals surface area contributed by atoms with Crippen LogP contribution < -0.4 is 10.0 Å². The van der Waals surface area contributed by atoms with Crippen molar-refractivity contribution in [3.05, 3.63) is 18.2 Å². The van der Waals surface area contributed by atoms with Crippen molar-refractivity contribution >= 4 is 33.4 Å². The lowest BCUT2D eigenvalue weighted by atomic mass is 10.2. The Morgan fingerprint density at radius 3 is 2.88 bits per heavy atom. The number of carbonyl (C=O) groups excluding carboxylic acids is 1. The number of anilines is 1. The predicted octanol–water partition coefficient (Wildman–Crippen LogP) is 0.977. The van der Waals surface area contributed by atoms with E-state index in [9.17, 15) is 13.2 Å². The number of fused-ring (bicyclic) bond motifs is 1. The minimum absolute atomic E-state index is 0.0823. The SMILES string of the molecule is CC1CSc2ccc(S(=O)(=O)NCCN3CCOCC3)cc2NC1=O. The normalized spacial score (nSPS) is 22.1. The van der Waals surface area contributed by atoms with Gasteiger partial charge in [-0.3, -0.25) is 9.69 Å². The van der Waals surface area contributed by atoms with Gasteiger partial charge < -0.3 is 10.1 Å². The van der Waals surface area contributed by atoms with Crippen molar-refractivity contribution < 1.29 is 17.9 Å². The Morgan fingerprint density at radius 2 is 2.12 bits per heavy atom. The van der Waals surface area contributed by atoms with Crippen molar-refractivity contribution in [2.75, 3.05) is 50.5 Å². The highest BCUT2D eigenvalue weighted by atomic mass is 32.2. The molecule has 1 aromatic rings. The number of thioether (sulfide) groups is 1. The largest absolute Gasteiger partial charge is 0.379 e. The Labute approximate surface area is 152 Å². The summed E-state index contributed by atoms with van der Waals surface area (Å²) >= 11 is 1.56. The van der Waals surface area contributed by atoms with E-state index in [1.54, 1.807) is 23.9 Å². The van der Waals surface area contributed by atoms with Gasteiger partial charge in [0.05, 0.1) is 23.8 Å². The zero-order valence-electron chi connectivity index (χ0n) is 14.2. The summed E-state index contributed by atoms with van der Waals surface area (Å²) in [6, 6.07) is 4.88. The first-order valence-electron chi connectivity index (χ1n) is 8.33. The first kappa shape index (κ1) is 18.7. The third-order valence-corrected chi connectivity index (χ3v) is 7.07. The fraction of sp³-hybridized carbons (Fsp3) is 0.562. The maximum absolute atomic E-state index is 12.5. The number of nitrogens with zero attached hydrogens (tertiary/aromatic N) is 1. The number of carbonyl (C=O) groups is 1. The lowest BCUT2D eigenvalue weighted by Crippen LogP contribution is -2.41. The maximum Gasteiger partial charge on any atom is 0.240 e. The molecular weight excluding hydrogens is 362 g/mol. The highest BCUT2D eigenvalue weighted by Gasteiger charge is 2.23. The molecule has 2 aliphatic heterocycles. The summed E-state index contributed by atoms with van der Waals surface area (Å²) < 4.78 is 32.9. The van der Waals surface area contributed by atoms with Crippen LogP contribution in [0.5, 0.6) is 0 Å². The molecule has 1 fully saturated rings. The van der Waals surface area contributed by atoms with Gasteiger partial charge in [0.1, 0.15) is 0 Å². The second-order valence-corrected chi connectivity index (χ2v) is 9.04. The topological polar surface area (TPSA) is 87.7 Å². The van der Waals surface area contributed by atoms with E-state index in [4.69, 9.17) is 4.74 Å². The molecule has 0 radical (unpaired) electrons. The Kier molecular flexibility index (Phi) is 6.00. The number of hydrogen-bond acceptors (Lipinski definition) is 6. The van der Waals surface area contributed by atoms with E-state index in [-0.39, 0.29) is 16.7 Å². The molecule has 0 aliphatic carbocycles. The van der Waals surface area contributed by atoms with E-state index < -0.39 is 10.0 Å². The van der Waals surface area contributed by atoms with Crippen LogP contribution in [-0.2, 0) is 19.6 Å². The van der Waals surface area contributed by atoms with E-state index in [1.807, 2.05) is 6.92 Å². The van der Waals surface area contributed by atoms with Crippen LogP contribution in [-0.4, -0.2) is 64.4 Å². The second-order valence-electron chi connectivity index (χ2n) is 6.21. The Balaban J connectivity index is 1.66. The Bertz CT molecular complexity index is 733. The van der Waals surface area contributed by atoms with Crippen LogP contribution in [0.1, 0.15) is 6.92 Å². The van der Waals surface area contributed by atoms with Crippen LogP contribution in [0.2, 0.25) is 0 Å². The molecule has 1 aromatic carbocycles. The highest BCUT2D eigenvalue weighted by molar-refractivity contribution is 7.99. The molecule has 7 nitrogen and oxygen atoms in total. The average molecular weight is 386 g/mol. The number of rotatable bonds is 5. The predicted molar refractivity (Wildman–Crippen MR) is 97.4 cm³/mol. The molecule has 9 heteroatoms. The zero-order valence-corrected chi connectivity index (χ0v) is 15.8. The molecular formula is C16H23N3O4S2. The van der Waals surface area contributed by atoms with Crippen LogP contribution >= 0.6 is 11.8 Å². The molecule has 1 saturated heterocycles. The maximum atomic E-state index is 12.5. The molecule has 1 amide bonds. The number of amides is 1. The van der Waals surface area contributed by atoms with Crippen molar-refractivity contribution in [1.82, 2.24) is 9.62 Å².